The molecule has 8 aromatic rings. The first-order chi connectivity index (χ1) is 26.8. The molecule has 2 aliphatic heterocycles. The Morgan fingerprint density at radius 3 is 1.07 bits per heavy atom. The normalized spacial score (nSPS) is 17.9. The van der Waals surface area contributed by atoms with Crippen molar-refractivity contribution in [3.8, 4) is 33.4 Å². The largest absolute Gasteiger partial charge is 0.308 e. The first-order valence-corrected chi connectivity index (χ1v) is 24.2. The minimum absolute atomic E-state index is 1.14. The van der Waals surface area contributed by atoms with Gasteiger partial charge in [-0.2, -0.15) is 0 Å². The van der Waals surface area contributed by atoms with Crippen LogP contribution in [-0.4, -0.2) is 0 Å². The van der Waals surface area contributed by atoms with Crippen LogP contribution in [0.1, 0.15) is 11.1 Å². The Labute approximate surface area is 334 Å². The fourth-order valence-corrected chi connectivity index (χ4v) is 17.0. The summed E-state index contributed by atoms with van der Waals surface area (Å²) in [6, 6.07) is 63.6. The van der Waals surface area contributed by atoms with Crippen molar-refractivity contribution < 1.29 is 0 Å². The van der Waals surface area contributed by atoms with Crippen molar-refractivity contribution in [2.75, 3.05) is 4.90 Å². The fourth-order valence-electron chi connectivity index (χ4n) is 8.36. The Balaban J connectivity index is 1.37. The molecule has 10 rings (SSSR count). The highest BCUT2D eigenvalue weighted by Gasteiger charge is 2.46. The van der Waals surface area contributed by atoms with E-state index in [9.17, 15) is 0 Å². The molecular weight excluding hydrogens is 741 g/mol. The molecule has 0 aromatic heterocycles. The Morgan fingerprint density at radius 1 is 0.345 bits per heavy atom. The zero-order valence-corrected chi connectivity index (χ0v) is 34.0. The van der Waals surface area contributed by atoms with Crippen molar-refractivity contribution in [3.63, 3.8) is 0 Å². The molecule has 0 fully saturated rings. The van der Waals surface area contributed by atoms with Crippen LogP contribution in [0.5, 0.6) is 0 Å². The zero-order chi connectivity index (χ0) is 37.3. The van der Waals surface area contributed by atoms with E-state index >= 15 is 0 Å². The van der Waals surface area contributed by atoms with Crippen LogP contribution in [0, 0.1) is 13.8 Å². The molecule has 0 saturated carbocycles. The monoisotopic (exact) mass is 777 g/mol. The van der Waals surface area contributed by atoms with Crippen LogP contribution in [0.25, 0.3) is 33.4 Å². The first-order valence-electron chi connectivity index (χ1n) is 18.6. The van der Waals surface area contributed by atoms with Crippen molar-refractivity contribution >= 4 is 84.6 Å². The van der Waals surface area contributed by atoms with Gasteiger partial charge in [0, 0.05) is 33.3 Å². The topological polar surface area (TPSA) is 3.24 Å². The molecule has 8 aromatic carbocycles. The van der Waals surface area contributed by atoms with E-state index in [1.807, 2.05) is 0 Å². The molecule has 0 aliphatic carbocycles. The molecular formula is C50H37NP2S2. The summed E-state index contributed by atoms with van der Waals surface area (Å²) in [5.41, 5.74) is 12.9. The number of rotatable bonds is 5. The maximum Gasteiger partial charge on any atom is 0.0644 e. The number of anilines is 3. The fraction of sp³-hybridized carbons (Fsp3) is 0.0400. The van der Waals surface area contributed by atoms with Crippen molar-refractivity contribution in [1.29, 1.82) is 0 Å². The van der Waals surface area contributed by atoms with Crippen LogP contribution in [0.15, 0.2) is 188 Å². The highest BCUT2D eigenvalue weighted by molar-refractivity contribution is 8.27. The molecule has 0 N–H and O–H groups in total. The lowest BCUT2D eigenvalue weighted by Gasteiger charge is -2.47. The summed E-state index contributed by atoms with van der Waals surface area (Å²) in [6.45, 7) is 4.30. The Kier molecular flexibility index (Phi) is 8.29. The minimum Gasteiger partial charge on any atom is -0.308 e. The standard InChI is InChI=1S/C50H37NP2S2/c1-34-18-24-42(25-19-34)52(54)46-30-39(36-12-6-3-7-13-36)22-28-44(46)51-45-29-23-40(37-14-8-4-9-15-37)31-47(45)53(55,43-26-20-35(2)21-27-43)49-33-41(32-48(52)50(49)51)38-16-10-5-11-17-38/h3-33H,1-2H3. The summed E-state index contributed by atoms with van der Waals surface area (Å²) in [4.78, 5) is 2.52. The van der Waals surface area contributed by atoms with Gasteiger partial charge in [-0.05, 0) is 94.2 Å². The number of aryl methyl sites for hydroxylation is 2. The third kappa shape index (κ3) is 5.41. The van der Waals surface area contributed by atoms with Crippen LogP contribution in [0.4, 0.5) is 17.1 Å². The van der Waals surface area contributed by atoms with E-state index in [1.165, 1.54) is 70.9 Å². The Morgan fingerprint density at radius 2 is 0.691 bits per heavy atom. The van der Waals surface area contributed by atoms with Crippen molar-refractivity contribution in [2.24, 2.45) is 0 Å². The van der Waals surface area contributed by atoms with E-state index in [4.69, 9.17) is 23.6 Å². The van der Waals surface area contributed by atoms with Gasteiger partial charge < -0.3 is 4.90 Å². The summed E-state index contributed by atoms with van der Waals surface area (Å²) in [6.07, 6.45) is 0. The van der Waals surface area contributed by atoms with Gasteiger partial charge in [0.2, 0.25) is 0 Å². The van der Waals surface area contributed by atoms with E-state index in [0.717, 1.165) is 22.5 Å². The molecule has 0 bridgehead atoms. The molecule has 2 aliphatic rings. The van der Waals surface area contributed by atoms with Crippen LogP contribution in [0.3, 0.4) is 0 Å². The van der Waals surface area contributed by atoms with E-state index in [1.54, 1.807) is 0 Å². The van der Waals surface area contributed by atoms with E-state index in [0.29, 0.717) is 0 Å². The summed E-state index contributed by atoms with van der Waals surface area (Å²) >= 11 is 14.7. The summed E-state index contributed by atoms with van der Waals surface area (Å²) < 4.78 is 0. The lowest BCUT2D eigenvalue weighted by Crippen LogP contribution is -2.46. The maximum atomic E-state index is 7.33. The van der Waals surface area contributed by atoms with Crippen LogP contribution >= 0.6 is 12.1 Å². The molecule has 2 atom stereocenters. The predicted molar refractivity (Wildman–Crippen MR) is 246 cm³/mol. The third-order valence-corrected chi connectivity index (χ3v) is 21.0. The Hall–Kier alpha value is -5.14. The maximum absolute atomic E-state index is 7.33. The average Bonchev–Trinajstić information content (AvgIpc) is 3.24. The summed E-state index contributed by atoms with van der Waals surface area (Å²) in [5.74, 6) is 0. The third-order valence-electron chi connectivity index (χ3n) is 11.2. The number of hydrogen-bond acceptors (Lipinski definition) is 3. The highest BCUT2D eigenvalue weighted by atomic mass is 32.4. The lowest BCUT2D eigenvalue weighted by molar-refractivity contribution is 1.31. The first kappa shape index (κ1) is 34.4. The molecule has 264 valence electrons. The van der Waals surface area contributed by atoms with Crippen LogP contribution in [0.2, 0.25) is 0 Å². The van der Waals surface area contributed by atoms with E-state index < -0.39 is 12.1 Å². The molecule has 5 heteroatoms. The smallest absolute Gasteiger partial charge is 0.0644 e. The number of fused-ring (bicyclic) bond motifs is 4. The summed E-state index contributed by atoms with van der Waals surface area (Å²) in [5, 5.41) is 7.22. The predicted octanol–water partition coefficient (Wildman–Crippen LogP) is 10.9. The SMILES string of the molecule is Cc1ccc(P2(=S)c3cc(-c4ccccc4)ccc3N3c4ccc(-c5ccccc5)cc4P(=S)(c4ccc(C)cc4)c4cc(-c5ccccc5)cc2c43)cc1. The van der Waals surface area contributed by atoms with E-state index in [-0.39, 0.29) is 0 Å². The molecule has 0 spiro atoms. The Bertz CT molecular complexity index is 2690. The highest BCUT2D eigenvalue weighted by Crippen LogP contribution is 2.61. The summed E-state index contributed by atoms with van der Waals surface area (Å²) in [7, 11) is 0. The van der Waals surface area contributed by atoms with Crippen molar-refractivity contribution in [1.82, 2.24) is 0 Å². The molecule has 0 amide bonds. The van der Waals surface area contributed by atoms with Crippen molar-refractivity contribution in [3.05, 3.63) is 199 Å². The van der Waals surface area contributed by atoms with Crippen LogP contribution < -0.4 is 36.7 Å². The second-order valence-corrected chi connectivity index (χ2v) is 23.3. The average molecular weight is 778 g/mol. The van der Waals surface area contributed by atoms with E-state index in [2.05, 4.69) is 207 Å². The van der Waals surface area contributed by atoms with Gasteiger partial charge in [-0.15, -0.1) is 0 Å². The second kappa shape index (κ2) is 13.3. The molecule has 2 unspecified atom stereocenters. The quantitative estimate of drug-likeness (QED) is 0.160. The number of benzene rings is 8. The van der Waals surface area contributed by atoms with Gasteiger partial charge in [-0.1, -0.05) is 186 Å². The molecule has 0 radical (unpaired) electrons. The van der Waals surface area contributed by atoms with Gasteiger partial charge in [0.1, 0.15) is 0 Å². The van der Waals surface area contributed by atoms with Gasteiger partial charge in [0.25, 0.3) is 0 Å². The van der Waals surface area contributed by atoms with Gasteiger partial charge in [0.15, 0.2) is 0 Å². The van der Waals surface area contributed by atoms with Gasteiger partial charge in [0.05, 0.1) is 17.1 Å². The van der Waals surface area contributed by atoms with Crippen molar-refractivity contribution in [2.45, 2.75) is 13.8 Å². The van der Waals surface area contributed by atoms with Gasteiger partial charge in [-0.25, -0.2) is 0 Å². The lowest BCUT2D eigenvalue weighted by atomic mass is 10.0. The van der Waals surface area contributed by atoms with Gasteiger partial charge >= 0.3 is 0 Å². The van der Waals surface area contributed by atoms with Gasteiger partial charge in [-0.3, -0.25) is 0 Å². The van der Waals surface area contributed by atoms with Crippen LogP contribution in [-0.2, 0) is 23.6 Å². The number of hydrogen-bond donors (Lipinski definition) is 0. The second-order valence-electron chi connectivity index (χ2n) is 14.6. The zero-order valence-electron chi connectivity index (χ0n) is 30.6. The molecule has 55 heavy (non-hydrogen) atoms. The molecule has 2 heterocycles. The minimum atomic E-state index is -2.67. The molecule has 0 saturated heterocycles. The molecule has 1 nitrogen and oxygen atoms in total. The number of nitrogens with zero attached hydrogens (tertiary/aromatic N) is 1.